The number of carbonyl (C=O) groups is 4. The zero-order valence-corrected chi connectivity index (χ0v) is 17.0. The summed E-state index contributed by atoms with van der Waals surface area (Å²) in [6, 6.07) is -0.0722. The van der Waals surface area contributed by atoms with Gasteiger partial charge < -0.3 is 26.0 Å². The predicted octanol–water partition coefficient (Wildman–Crippen LogP) is 0.684. The lowest BCUT2D eigenvalue weighted by atomic mass is 9.98. The van der Waals surface area contributed by atoms with E-state index in [0.29, 0.717) is 6.54 Å². The van der Waals surface area contributed by atoms with Crippen LogP contribution >= 0.6 is 0 Å². The topological polar surface area (TPSA) is 126 Å². The van der Waals surface area contributed by atoms with E-state index in [2.05, 4.69) is 21.3 Å². The maximum Gasteiger partial charge on any atom is 0.407 e. The largest absolute Gasteiger partial charge is 0.442 e. The highest BCUT2D eigenvalue weighted by molar-refractivity contribution is 5.74. The summed E-state index contributed by atoms with van der Waals surface area (Å²) in [4.78, 5) is 45.2. The average Bonchev–Trinajstić information content (AvgIpc) is 2.55. The van der Waals surface area contributed by atoms with E-state index in [4.69, 9.17) is 4.74 Å². The van der Waals surface area contributed by atoms with E-state index in [1.807, 2.05) is 13.8 Å². The standard InChI is InChI=1S/C18H34N4O5/c1-12(2)17(8-6-7-9-19-13(3)23)22-18(26)27-16(10-20-14(4)24)11-21-15(5)25/h12,16-17H,6-11H2,1-5H3,(H,19,23)(H,20,24)(H,21,25)(H,22,26). The number of rotatable bonds is 12. The molecular formula is C18H34N4O5. The molecule has 0 heterocycles. The smallest absolute Gasteiger partial charge is 0.407 e. The highest BCUT2D eigenvalue weighted by Crippen LogP contribution is 2.10. The molecule has 0 rings (SSSR count). The van der Waals surface area contributed by atoms with Crippen LogP contribution in [-0.2, 0) is 19.1 Å². The Labute approximate surface area is 161 Å². The zero-order chi connectivity index (χ0) is 20.8. The first-order valence-corrected chi connectivity index (χ1v) is 9.32. The van der Waals surface area contributed by atoms with Gasteiger partial charge in [-0.05, 0) is 25.2 Å². The highest BCUT2D eigenvalue weighted by Gasteiger charge is 2.20. The van der Waals surface area contributed by atoms with Gasteiger partial charge in [0.05, 0.1) is 13.1 Å². The Balaban J connectivity index is 4.48. The van der Waals surface area contributed by atoms with E-state index < -0.39 is 12.2 Å². The van der Waals surface area contributed by atoms with Gasteiger partial charge in [-0.1, -0.05) is 13.8 Å². The van der Waals surface area contributed by atoms with Gasteiger partial charge in [0.15, 0.2) is 0 Å². The van der Waals surface area contributed by atoms with Crippen LogP contribution in [0.2, 0.25) is 0 Å². The maximum atomic E-state index is 12.2. The van der Waals surface area contributed by atoms with Crippen molar-refractivity contribution in [3.05, 3.63) is 0 Å². The molecule has 4 N–H and O–H groups in total. The number of ether oxygens (including phenoxy) is 1. The van der Waals surface area contributed by atoms with E-state index in [-0.39, 0.29) is 42.8 Å². The second-order valence-electron chi connectivity index (χ2n) is 6.88. The fourth-order valence-corrected chi connectivity index (χ4v) is 2.33. The Morgan fingerprint density at radius 2 is 1.33 bits per heavy atom. The van der Waals surface area contributed by atoms with Crippen LogP contribution in [0, 0.1) is 5.92 Å². The number of carbonyl (C=O) groups excluding carboxylic acids is 4. The fraction of sp³-hybridized carbons (Fsp3) is 0.778. The van der Waals surface area contributed by atoms with Crippen molar-refractivity contribution in [2.75, 3.05) is 19.6 Å². The van der Waals surface area contributed by atoms with Gasteiger partial charge in [0.2, 0.25) is 17.7 Å². The molecule has 27 heavy (non-hydrogen) atoms. The summed E-state index contributed by atoms with van der Waals surface area (Å²) >= 11 is 0. The highest BCUT2D eigenvalue weighted by atomic mass is 16.6. The lowest BCUT2D eigenvalue weighted by molar-refractivity contribution is -0.120. The summed E-state index contributed by atoms with van der Waals surface area (Å²) < 4.78 is 5.35. The van der Waals surface area contributed by atoms with E-state index in [1.165, 1.54) is 20.8 Å². The van der Waals surface area contributed by atoms with Crippen molar-refractivity contribution in [3.8, 4) is 0 Å². The summed E-state index contributed by atoms with van der Waals surface area (Å²) in [6.45, 7) is 9.07. The summed E-state index contributed by atoms with van der Waals surface area (Å²) in [5, 5.41) is 10.7. The molecule has 0 saturated carbocycles. The van der Waals surface area contributed by atoms with Crippen molar-refractivity contribution >= 4 is 23.8 Å². The molecule has 0 spiro atoms. The molecule has 1 unspecified atom stereocenters. The van der Waals surface area contributed by atoms with E-state index >= 15 is 0 Å². The lowest BCUT2D eigenvalue weighted by Gasteiger charge is -2.24. The molecule has 156 valence electrons. The van der Waals surface area contributed by atoms with E-state index in [0.717, 1.165) is 19.3 Å². The Morgan fingerprint density at radius 3 is 1.78 bits per heavy atom. The Morgan fingerprint density at radius 1 is 0.815 bits per heavy atom. The van der Waals surface area contributed by atoms with Gasteiger partial charge in [-0.3, -0.25) is 14.4 Å². The normalized spacial score (nSPS) is 11.7. The van der Waals surface area contributed by atoms with Gasteiger partial charge >= 0.3 is 6.09 Å². The molecule has 0 aliphatic heterocycles. The summed E-state index contributed by atoms with van der Waals surface area (Å²) in [6.07, 6.45) is 1.19. The molecule has 0 bridgehead atoms. The Kier molecular flexibility index (Phi) is 12.6. The Bertz CT molecular complexity index is 478. The average molecular weight is 386 g/mol. The van der Waals surface area contributed by atoms with Gasteiger partial charge in [-0.15, -0.1) is 0 Å². The number of alkyl carbamates (subject to hydrolysis) is 1. The molecule has 9 heteroatoms. The first kappa shape index (κ1) is 24.7. The van der Waals surface area contributed by atoms with Crippen LogP contribution in [0.4, 0.5) is 4.79 Å². The second-order valence-corrected chi connectivity index (χ2v) is 6.88. The van der Waals surface area contributed by atoms with Crippen LogP contribution in [0.1, 0.15) is 53.9 Å². The molecule has 0 aromatic heterocycles. The van der Waals surface area contributed by atoms with Crippen molar-refractivity contribution in [2.45, 2.75) is 66.0 Å². The van der Waals surface area contributed by atoms with Crippen molar-refractivity contribution in [3.63, 3.8) is 0 Å². The van der Waals surface area contributed by atoms with Crippen LogP contribution in [0.3, 0.4) is 0 Å². The van der Waals surface area contributed by atoms with Gasteiger partial charge in [0.25, 0.3) is 0 Å². The predicted molar refractivity (Wildman–Crippen MR) is 102 cm³/mol. The molecule has 0 radical (unpaired) electrons. The zero-order valence-electron chi connectivity index (χ0n) is 17.0. The molecule has 0 fully saturated rings. The summed E-state index contributed by atoms with van der Waals surface area (Å²) in [5.41, 5.74) is 0. The minimum absolute atomic E-state index is 0.0542. The first-order valence-electron chi connectivity index (χ1n) is 9.32. The van der Waals surface area contributed by atoms with Crippen LogP contribution in [0.25, 0.3) is 0 Å². The number of unbranched alkanes of at least 4 members (excludes halogenated alkanes) is 1. The summed E-state index contributed by atoms with van der Waals surface area (Å²) in [7, 11) is 0. The molecular weight excluding hydrogens is 352 g/mol. The lowest BCUT2D eigenvalue weighted by Crippen LogP contribution is -2.46. The molecule has 0 aromatic rings. The minimum atomic E-state index is -0.662. The van der Waals surface area contributed by atoms with Crippen molar-refractivity contribution in [2.24, 2.45) is 5.92 Å². The van der Waals surface area contributed by atoms with Crippen LogP contribution in [0.15, 0.2) is 0 Å². The van der Waals surface area contributed by atoms with E-state index in [1.54, 1.807) is 0 Å². The third-order valence-corrected chi connectivity index (χ3v) is 3.85. The van der Waals surface area contributed by atoms with Crippen LogP contribution in [-0.4, -0.2) is 55.6 Å². The Hall–Kier alpha value is -2.32. The first-order chi connectivity index (χ1) is 12.6. The van der Waals surface area contributed by atoms with Crippen LogP contribution < -0.4 is 21.3 Å². The van der Waals surface area contributed by atoms with Gasteiger partial charge in [-0.2, -0.15) is 0 Å². The number of hydrogen-bond donors (Lipinski definition) is 4. The molecule has 9 nitrogen and oxygen atoms in total. The number of nitrogens with one attached hydrogen (secondary N) is 4. The van der Waals surface area contributed by atoms with Crippen molar-refractivity contribution in [1.82, 2.24) is 21.3 Å². The molecule has 4 amide bonds. The fourth-order valence-electron chi connectivity index (χ4n) is 2.33. The monoisotopic (exact) mass is 386 g/mol. The van der Waals surface area contributed by atoms with Crippen molar-refractivity contribution in [1.29, 1.82) is 0 Å². The van der Waals surface area contributed by atoms with E-state index in [9.17, 15) is 19.2 Å². The quantitative estimate of drug-likeness (QED) is 0.367. The molecule has 0 saturated heterocycles. The molecule has 0 aliphatic rings. The van der Waals surface area contributed by atoms with Crippen LogP contribution in [0.5, 0.6) is 0 Å². The van der Waals surface area contributed by atoms with Gasteiger partial charge in [-0.25, -0.2) is 4.79 Å². The van der Waals surface area contributed by atoms with Gasteiger partial charge in [0.1, 0.15) is 6.10 Å². The third-order valence-electron chi connectivity index (χ3n) is 3.85. The van der Waals surface area contributed by atoms with Gasteiger partial charge in [0, 0.05) is 33.4 Å². The molecule has 0 aliphatic carbocycles. The minimum Gasteiger partial charge on any atom is -0.442 e. The molecule has 0 aromatic carbocycles. The molecule has 1 atom stereocenters. The summed E-state index contributed by atoms with van der Waals surface area (Å²) in [5.74, 6) is -0.332. The maximum absolute atomic E-state index is 12.2. The third kappa shape index (κ3) is 14.5. The second kappa shape index (κ2) is 13.8. The number of amides is 4. The number of hydrogen-bond acceptors (Lipinski definition) is 5. The van der Waals surface area contributed by atoms with Crippen molar-refractivity contribution < 1.29 is 23.9 Å². The SMILES string of the molecule is CC(=O)NCCCCC(NC(=O)OC(CNC(C)=O)CNC(C)=O)C(C)C.